The molecule has 60 valence electrons. The lowest BCUT2D eigenvalue weighted by Gasteiger charge is -1.99. The summed E-state index contributed by atoms with van der Waals surface area (Å²) >= 11 is 0. The van der Waals surface area contributed by atoms with Gasteiger partial charge in [0, 0.05) is 18.6 Å². The van der Waals surface area contributed by atoms with Crippen molar-refractivity contribution >= 4 is 16.7 Å². The van der Waals surface area contributed by atoms with E-state index in [9.17, 15) is 0 Å². The lowest BCUT2D eigenvalue weighted by molar-refractivity contribution is 1.29. The first kappa shape index (κ1) is 7.03. The van der Waals surface area contributed by atoms with Gasteiger partial charge in [-0.25, -0.2) is 4.98 Å². The van der Waals surface area contributed by atoms with E-state index in [0.717, 1.165) is 16.7 Å². The molecule has 2 rings (SSSR count). The van der Waals surface area contributed by atoms with Crippen LogP contribution < -0.4 is 5.32 Å². The number of hydrogen-bond acceptors (Lipinski definition) is 3. The molecular weight excluding hydrogens is 150 g/mol. The summed E-state index contributed by atoms with van der Waals surface area (Å²) in [5, 5.41) is 4.10. The first-order valence-corrected chi connectivity index (χ1v) is 3.78. The summed E-state index contributed by atoms with van der Waals surface area (Å²) in [5.74, 6) is 0.871. The van der Waals surface area contributed by atoms with Gasteiger partial charge < -0.3 is 5.32 Å². The van der Waals surface area contributed by atoms with Crippen molar-refractivity contribution in [2.24, 2.45) is 0 Å². The van der Waals surface area contributed by atoms with Crippen LogP contribution in [-0.2, 0) is 0 Å². The quantitative estimate of drug-likeness (QED) is 0.687. The molecule has 0 radical (unpaired) electrons. The van der Waals surface area contributed by atoms with Crippen LogP contribution in [-0.4, -0.2) is 17.0 Å². The molecule has 0 saturated heterocycles. The van der Waals surface area contributed by atoms with Crippen molar-refractivity contribution in [1.82, 2.24) is 9.97 Å². The van der Waals surface area contributed by atoms with Crippen molar-refractivity contribution in [2.45, 2.75) is 0 Å². The van der Waals surface area contributed by atoms with Gasteiger partial charge in [-0.05, 0) is 18.2 Å². The monoisotopic (exact) mass is 159 g/mol. The second-order valence-corrected chi connectivity index (χ2v) is 2.51. The molecule has 0 unspecified atom stereocenters. The maximum absolute atomic E-state index is 4.32. The summed E-state index contributed by atoms with van der Waals surface area (Å²) in [4.78, 5) is 8.32. The average molecular weight is 159 g/mol. The molecule has 0 saturated carbocycles. The zero-order valence-electron chi connectivity index (χ0n) is 6.78. The van der Waals surface area contributed by atoms with Crippen LogP contribution in [0.4, 0.5) is 5.82 Å². The number of nitrogens with one attached hydrogen (secondary N) is 1. The van der Waals surface area contributed by atoms with E-state index in [1.54, 1.807) is 12.4 Å². The molecule has 2 aromatic rings. The van der Waals surface area contributed by atoms with Crippen LogP contribution >= 0.6 is 0 Å². The third-order valence-corrected chi connectivity index (χ3v) is 1.75. The lowest BCUT2D eigenvalue weighted by atomic mass is 10.3. The lowest BCUT2D eigenvalue weighted by Crippen LogP contribution is -1.91. The van der Waals surface area contributed by atoms with Crippen LogP contribution in [0.15, 0.2) is 30.6 Å². The Morgan fingerprint density at radius 1 is 1.25 bits per heavy atom. The van der Waals surface area contributed by atoms with Gasteiger partial charge in [-0.15, -0.1) is 0 Å². The molecule has 3 heteroatoms. The maximum Gasteiger partial charge on any atom is 0.126 e. The largest absolute Gasteiger partial charge is 0.373 e. The van der Waals surface area contributed by atoms with E-state index in [2.05, 4.69) is 15.3 Å². The molecule has 2 aromatic heterocycles. The van der Waals surface area contributed by atoms with Gasteiger partial charge >= 0.3 is 0 Å². The Balaban J connectivity index is 2.67. The fourth-order valence-electron chi connectivity index (χ4n) is 1.11. The van der Waals surface area contributed by atoms with Gasteiger partial charge in [0.2, 0.25) is 0 Å². The molecule has 0 atom stereocenters. The Bertz CT molecular complexity index is 398. The summed E-state index contributed by atoms with van der Waals surface area (Å²) in [6.45, 7) is 0. The molecule has 0 fully saturated rings. The molecular formula is C9H9N3. The van der Waals surface area contributed by atoms with Crippen LogP contribution in [0.5, 0.6) is 0 Å². The van der Waals surface area contributed by atoms with E-state index < -0.39 is 0 Å². The molecule has 2 heterocycles. The molecule has 1 N–H and O–H groups in total. The average Bonchev–Trinajstić information content (AvgIpc) is 2.17. The van der Waals surface area contributed by atoms with Crippen molar-refractivity contribution in [1.29, 1.82) is 0 Å². The molecule has 3 nitrogen and oxygen atoms in total. The highest BCUT2D eigenvalue weighted by Gasteiger charge is 1.94. The fraction of sp³-hybridized carbons (Fsp3) is 0.111. The molecule has 0 bridgehead atoms. The van der Waals surface area contributed by atoms with Crippen LogP contribution in [0.2, 0.25) is 0 Å². The maximum atomic E-state index is 4.32. The number of aromatic nitrogens is 2. The van der Waals surface area contributed by atoms with Gasteiger partial charge in [0.1, 0.15) is 5.82 Å². The van der Waals surface area contributed by atoms with Gasteiger partial charge in [-0.3, -0.25) is 4.98 Å². The Hall–Kier alpha value is -1.64. The predicted molar refractivity (Wildman–Crippen MR) is 49.1 cm³/mol. The zero-order chi connectivity index (χ0) is 8.39. The SMILES string of the molecule is CNc1ccc2ccncc2n1. The van der Waals surface area contributed by atoms with Crippen molar-refractivity contribution in [3.63, 3.8) is 0 Å². The predicted octanol–water partition coefficient (Wildman–Crippen LogP) is 1.67. The van der Waals surface area contributed by atoms with Crippen molar-refractivity contribution < 1.29 is 0 Å². The Labute approximate surface area is 70.5 Å². The third-order valence-electron chi connectivity index (χ3n) is 1.75. The highest BCUT2D eigenvalue weighted by Crippen LogP contribution is 2.12. The van der Waals surface area contributed by atoms with E-state index >= 15 is 0 Å². The Morgan fingerprint density at radius 2 is 2.17 bits per heavy atom. The summed E-state index contributed by atoms with van der Waals surface area (Å²) in [6.07, 6.45) is 3.53. The van der Waals surface area contributed by atoms with Gasteiger partial charge in [0.15, 0.2) is 0 Å². The molecule has 0 spiro atoms. The second kappa shape index (κ2) is 2.77. The molecule has 0 aromatic carbocycles. The fourth-order valence-corrected chi connectivity index (χ4v) is 1.11. The highest BCUT2D eigenvalue weighted by atomic mass is 15.0. The molecule has 0 aliphatic heterocycles. The summed E-state index contributed by atoms with van der Waals surface area (Å²) in [5.41, 5.74) is 0.921. The van der Waals surface area contributed by atoms with Gasteiger partial charge in [0.25, 0.3) is 0 Å². The first-order valence-electron chi connectivity index (χ1n) is 3.78. The minimum atomic E-state index is 0.871. The molecule has 0 amide bonds. The van der Waals surface area contributed by atoms with E-state index in [4.69, 9.17) is 0 Å². The van der Waals surface area contributed by atoms with Crippen LogP contribution in [0.1, 0.15) is 0 Å². The number of nitrogens with zero attached hydrogens (tertiary/aromatic N) is 2. The van der Waals surface area contributed by atoms with Gasteiger partial charge in [-0.2, -0.15) is 0 Å². The number of rotatable bonds is 1. The smallest absolute Gasteiger partial charge is 0.126 e. The summed E-state index contributed by atoms with van der Waals surface area (Å²) < 4.78 is 0. The Kier molecular flexibility index (Phi) is 1.63. The van der Waals surface area contributed by atoms with Crippen LogP contribution in [0.25, 0.3) is 10.9 Å². The van der Waals surface area contributed by atoms with E-state index in [0.29, 0.717) is 0 Å². The van der Waals surface area contributed by atoms with Crippen LogP contribution in [0, 0.1) is 0 Å². The van der Waals surface area contributed by atoms with Crippen LogP contribution in [0.3, 0.4) is 0 Å². The third kappa shape index (κ3) is 1.09. The number of fused-ring (bicyclic) bond motifs is 1. The topological polar surface area (TPSA) is 37.8 Å². The first-order chi connectivity index (χ1) is 5.90. The standard InChI is InChI=1S/C9H9N3/c1-10-9-3-2-7-4-5-11-6-8(7)12-9/h2-6H,1H3,(H,10,12). The van der Waals surface area contributed by atoms with E-state index in [-0.39, 0.29) is 0 Å². The van der Waals surface area contributed by atoms with Gasteiger partial charge in [0.05, 0.1) is 11.7 Å². The minimum Gasteiger partial charge on any atom is -0.373 e. The summed E-state index contributed by atoms with van der Waals surface area (Å²) in [6, 6.07) is 5.92. The van der Waals surface area contributed by atoms with Gasteiger partial charge in [-0.1, -0.05) is 0 Å². The minimum absolute atomic E-state index is 0.871. The highest BCUT2D eigenvalue weighted by molar-refractivity contribution is 5.78. The van der Waals surface area contributed by atoms with Crippen molar-refractivity contribution in [2.75, 3.05) is 12.4 Å². The van der Waals surface area contributed by atoms with Crippen molar-refractivity contribution in [3.05, 3.63) is 30.6 Å². The Morgan fingerprint density at radius 3 is 3.00 bits per heavy atom. The summed E-state index contributed by atoms with van der Waals surface area (Å²) in [7, 11) is 1.85. The second-order valence-electron chi connectivity index (χ2n) is 2.51. The molecule has 0 aliphatic rings. The zero-order valence-corrected chi connectivity index (χ0v) is 6.78. The molecule has 12 heavy (non-hydrogen) atoms. The van der Waals surface area contributed by atoms with Crippen molar-refractivity contribution in [3.8, 4) is 0 Å². The van der Waals surface area contributed by atoms with E-state index in [1.165, 1.54) is 0 Å². The number of hydrogen-bond donors (Lipinski definition) is 1. The number of pyridine rings is 2. The number of anilines is 1. The normalized spacial score (nSPS) is 10.1. The molecule has 0 aliphatic carbocycles. The van der Waals surface area contributed by atoms with E-state index in [1.807, 2.05) is 25.2 Å².